The van der Waals surface area contributed by atoms with Gasteiger partial charge < -0.3 is 23.6 Å². The number of benzene rings is 1. The Morgan fingerprint density at radius 1 is 1.12 bits per heavy atom. The Hall–Kier alpha value is -3.40. The van der Waals surface area contributed by atoms with Crippen LogP contribution in [0.4, 0.5) is 5.88 Å². The topological polar surface area (TPSA) is 93.5 Å². The van der Waals surface area contributed by atoms with Gasteiger partial charge in [-0.3, -0.25) is 0 Å². The largest absolute Gasteiger partial charge is 0.497 e. The standard InChI is InChI=1S/C17H15N3O4/c1-19-16-14(9-18)20-17(24-16)15-8-7-13(23-15)10-22-12-5-3-11(21-2)4-6-12/h3-8,19H,10H2,1-2H3. The van der Waals surface area contributed by atoms with Gasteiger partial charge in [-0.2, -0.15) is 10.2 Å². The summed E-state index contributed by atoms with van der Waals surface area (Å²) in [5.74, 6) is 3.06. The molecule has 3 aromatic rings. The van der Waals surface area contributed by atoms with Crippen molar-refractivity contribution in [1.82, 2.24) is 4.98 Å². The quantitative estimate of drug-likeness (QED) is 0.742. The van der Waals surface area contributed by atoms with Crippen molar-refractivity contribution in [1.29, 1.82) is 5.26 Å². The molecule has 0 aliphatic carbocycles. The highest BCUT2D eigenvalue weighted by molar-refractivity contribution is 5.54. The summed E-state index contributed by atoms with van der Waals surface area (Å²) in [5.41, 5.74) is 0.180. The van der Waals surface area contributed by atoms with E-state index >= 15 is 0 Å². The molecule has 1 N–H and O–H groups in total. The van der Waals surface area contributed by atoms with Crippen molar-refractivity contribution in [3.8, 4) is 29.2 Å². The zero-order chi connectivity index (χ0) is 16.9. The van der Waals surface area contributed by atoms with E-state index in [1.165, 1.54) is 0 Å². The summed E-state index contributed by atoms with van der Waals surface area (Å²) in [4.78, 5) is 4.08. The van der Waals surface area contributed by atoms with E-state index in [1.54, 1.807) is 26.3 Å². The summed E-state index contributed by atoms with van der Waals surface area (Å²) in [7, 11) is 3.27. The average molecular weight is 325 g/mol. The molecule has 0 atom stereocenters. The number of nitrogens with one attached hydrogen (secondary N) is 1. The van der Waals surface area contributed by atoms with Gasteiger partial charge in [-0.1, -0.05) is 0 Å². The average Bonchev–Trinajstić information content (AvgIpc) is 3.26. The molecule has 0 spiro atoms. The first-order valence-electron chi connectivity index (χ1n) is 7.18. The third-order valence-electron chi connectivity index (χ3n) is 3.27. The number of hydrogen-bond donors (Lipinski definition) is 1. The number of anilines is 1. The van der Waals surface area contributed by atoms with Crippen LogP contribution in [-0.4, -0.2) is 19.1 Å². The number of nitriles is 1. The van der Waals surface area contributed by atoms with E-state index in [0.29, 0.717) is 23.2 Å². The highest BCUT2D eigenvalue weighted by Crippen LogP contribution is 2.27. The van der Waals surface area contributed by atoms with E-state index in [0.717, 1.165) is 5.75 Å². The number of rotatable bonds is 6. The van der Waals surface area contributed by atoms with Crippen molar-refractivity contribution in [3.05, 3.63) is 47.9 Å². The normalized spacial score (nSPS) is 10.2. The smallest absolute Gasteiger partial charge is 0.266 e. The Morgan fingerprint density at radius 2 is 1.88 bits per heavy atom. The van der Waals surface area contributed by atoms with Crippen LogP contribution >= 0.6 is 0 Å². The number of nitrogens with zero attached hydrogens (tertiary/aromatic N) is 2. The van der Waals surface area contributed by atoms with Gasteiger partial charge in [0.25, 0.3) is 5.89 Å². The lowest BCUT2D eigenvalue weighted by molar-refractivity contribution is 0.270. The number of furan rings is 1. The van der Waals surface area contributed by atoms with Gasteiger partial charge in [0.05, 0.1) is 7.11 Å². The van der Waals surface area contributed by atoms with Gasteiger partial charge in [-0.05, 0) is 36.4 Å². The van der Waals surface area contributed by atoms with Crippen molar-refractivity contribution in [2.75, 3.05) is 19.5 Å². The SMILES string of the molecule is CNc1oc(-c2ccc(COc3ccc(OC)cc3)o2)nc1C#N. The molecule has 7 nitrogen and oxygen atoms in total. The second-order valence-corrected chi connectivity index (χ2v) is 4.79. The highest BCUT2D eigenvalue weighted by Gasteiger charge is 2.16. The molecule has 2 aromatic heterocycles. The van der Waals surface area contributed by atoms with Crippen LogP contribution in [0.3, 0.4) is 0 Å². The molecule has 0 radical (unpaired) electrons. The molecular formula is C17H15N3O4. The second kappa shape index (κ2) is 6.79. The summed E-state index contributed by atoms with van der Waals surface area (Å²) < 4.78 is 21.8. The van der Waals surface area contributed by atoms with E-state index < -0.39 is 0 Å². The predicted octanol–water partition coefficient (Wildman–Crippen LogP) is 3.44. The Kier molecular flexibility index (Phi) is 4.38. The Morgan fingerprint density at radius 3 is 2.50 bits per heavy atom. The van der Waals surface area contributed by atoms with E-state index in [2.05, 4.69) is 10.3 Å². The molecule has 0 saturated carbocycles. The van der Waals surface area contributed by atoms with Gasteiger partial charge in [0.2, 0.25) is 11.6 Å². The van der Waals surface area contributed by atoms with Gasteiger partial charge in [-0.15, -0.1) is 0 Å². The number of oxazole rings is 1. The Balaban J connectivity index is 1.69. The van der Waals surface area contributed by atoms with Crippen LogP contribution in [0.15, 0.2) is 45.2 Å². The molecule has 0 bridgehead atoms. The summed E-state index contributed by atoms with van der Waals surface area (Å²) >= 11 is 0. The highest BCUT2D eigenvalue weighted by atomic mass is 16.5. The van der Waals surface area contributed by atoms with Crippen LogP contribution in [0.2, 0.25) is 0 Å². The maximum Gasteiger partial charge on any atom is 0.266 e. The van der Waals surface area contributed by atoms with Crippen LogP contribution in [0.5, 0.6) is 11.5 Å². The van der Waals surface area contributed by atoms with E-state index in [9.17, 15) is 0 Å². The molecule has 7 heteroatoms. The van der Waals surface area contributed by atoms with Crippen molar-refractivity contribution in [2.24, 2.45) is 0 Å². The molecule has 0 saturated heterocycles. The molecule has 3 rings (SSSR count). The number of aromatic nitrogens is 1. The lowest BCUT2D eigenvalue weighted by atomic mass is 10.3. The zero-order valence-electron chi connectivity index (χ0n) is 13.2. The Bertz CT molecular complexity index is 859. The van der Waals surface area contributed by atoms with Gasteiger partial charge in [0.1, 0.15) is 29.9 Å². The summed E-state index contributed by atoms with van der Waals surface area (Å²) in [6.45, 7) is 0.261. The first-order chi connectivity index (χ1) is 11.7. The van der Waals surface area contributed by atoms with E-state index in [4.69, 9.17) is 23.6 Å². The molecule has 122 valence electrons. The zero-order valence-corrected chi connectivity index (χ0v) is 13.2. The summed E-state index contributed by atoms with van der Waals surface area (Å²) in [6, 6.07) is 12.7. The fourth-order valence-electron chi connectivity index (χ4n) is 2.07. The fraction of sp³-hybridized carbons (Fsp3) is 0.176. The second-order valence-electron chi connectivity index (χ2n) is 4.79. The monoisotopic (exact) mass is 325 g/mol. The van der Waals surface area contributed by atoms with Crippen molar-refractivity contribution >= 4 is 5.88 Å². The molecule has 1 aromatic carbocycles. The third-order valence-corrected chi connectivity index (χ3v) is 3.27. The van der Waals surface area contributed by atoms with Crippen molar-refractivity contribution < 1.29 is 18.3 Å². The van der Waals surface area contributed by atoms with E-state index in [1.807, 2.05) is 30.3 Å². The number of hydrogen-bond acceptors (Lipinski definition) is 7. The minimum absolute atomic E-state index is 0.180. The molecule has 0 fully saturated rings. The van der Waals surface area contributed by atoms with Crippen molar-refractivity contribution in [2.45, 2.75) is 6.61 Å². The minimum atomic E-state index is 0.180. The van der Waals surface area contributed by atoms with Gasteiger partial charge in [0.15, 0.2) is 5.76 Å². The molecular weight excluding hydrogens is 310 g/mol. The first-order valence-corrected chi connectivity index (χ1v) is 7.18. The Labute approximate surface area is 138 Å². The van der Waals surface area contributed by atoms with Crippen LogP contribution in [0, 0.1) is 11.3 Å². The number of ether oxygens (including phenoxy) is 2. The van der Waals surface area contributed by atoms with Gasteiger partial charge >= 0.3 is 0 Å². The molecule has 0 aliphatic rings. The van der Waals surface area contributed by atoms with Crippen LogP contribution in [0.25, 0.3) is 11.7 Å². The predicted molar refractivity (Wildman–Crippen MR) is 85.8 cm³/mol. The molecule has 0 aliphatic heterocycles. The molecule has 24 heavy (non-hydrogen) atoms. The van der Waals surface area contributed by atoms with Crippen LogP contribution in [-0.2, 0) is 6.61 Å². The van der Waals surface area contributed by atoms with E-state index in [-0.39, 0.29) is 18.2 Å². The van der Waals surface area contributed by atoms with Crippen LogP contribution < -0.4 is 14.8 Å². The maximum atomic E-state index is 8.99. The van der Waals surface area contributed by atoms with Crippen molar-refractivity contribution in [3.63, 3.8) is 0 Å². The lowest BCUT2D eigenvalue weighted by Crippen LogP contribution is -1.93. The maximum absolute atomic E-state index is 8.99. The van der Waals surface area contributed by atoms with Gasteiger partial charge in [-0.25, -0.2) is 0 Å². The minimum Gasteiger partial charge on any atom is -0.497 e. The number of methoxy groups -OCH3 is 1. The summed E-state index contributed by atoms with van der Waals surface area (Å²) in [6.07, 6.45) is 0. The van der Waals surface area contributed by atoms with Gasteiger partial charge in [0, 0.05) is 7.05 Å². The fourth-order valence-corrected chi connectivity index (χ4v) is 2.07. The molecule has 0 amide bonds. The first kappa shape index (κ1) is 15.5. The molecule has 0 unspecified atom stereocenters. The van der Waals surface area contributed by atoms with Crippen LogP contribution in [0.1, 0.15) is 11.5 Å². The third kappa shape index (κ3) is 3.17. The molecule has 2 heterocycles. The lowest BCUT2D eigenvalue weighted by Gasteiger charge is -2.05. The summed E-state index contributed by atoms with van der Waals surface area (Å²) in [5, 5.41) is 11.8.